The lowest BCUT2D eigenvalue weighted by atomic mass is 9.79. The topological polar surface area (TPSA) is 46.2 Å². The van der Waals surface area contributed by atoms with E-state index in [0.29, 0.717) is 11.7 Å². The molecule has 0 unspecified atom stereocenters. The van der Waals surface area contributed by atoms with Crippen LogP contribution in [0.25, 0.3) is 5.57 Å². The Hall–Kier alpha value is -1.72. The molecule has 0 saturated carbocycles. The lowest BCUT2D eigenvalue weighted by Crippen LogP contribution is -2.29. The van der Waals surface area contributed by atoms with Gasteiger partial charge in [-0.05, 0) is 68.7 Å². The first-order chi connectivity index (χ1) is 12.5. The summed E-state index contributed by atoms with van der Waals surface area (Å²) in [6, 6.07) is 2.10. The van der Waals surface area contributed by atoms with Crippen molar-refractivity contribution >= 4 is 5.57 Å². The fourth-order valence-corrected chi connectivity index (χ4v) is 4.73. The van der Waals surface area contributed by atoms with Crippen LogP contribution in [0.2, 0.25) is 0 Å². The highest BCUT2D eigenvalue weighted by atomic mass is 16.7. The van der Waals surface area contributed by atoms with Crippen LogP contribution in [0.5, 0.6) is 17.2 Å². The van der Waals surface area contributed by atoms with Crippen molar-refractivity contribution in [2.24, 2.45) is 5.92 Å². The number of hydrogen-bond acceptors (Lipinski definition) is 5. The molecule has 0 N–H and O–H groups in total. The molecule has 0 radical (unpaired) electrons. The molecule has 1 saturated heterocycles. The fraction of sp³-hybridized carbons (Fsp3) is 0.619. The largest absolute Gasteiger partial charge is 0.493 e. The molecular formula is C21H28O5. The van der Waals surface area contributed by atoms with Crippen molar-refractivity contribution in [2.75, 3.05) is 21.3 Å². The van der Waals surface area contributed by atoms with Gasteiger partial charge >= 0.3 is 0 Å². The van der Waals surface area contributed by atoms with E-state index in [1.165, 1.54) is 11.1 Å². The third-order valence-corrected chi connectivity index (χ3v) is 5.72. The van der Waals surface area contributed by atoms with Gasteiger partial charge in [0.1, 0.15) is 6.10 Å². The number of aryl methyl sites for hydroxylation is 1. The van der Waals surface area contributed by atoms with E-state index in [2.05, 4.69) is 12.1 Å². The minimum Gasteiger partial charge on any atom is -0.493 e. The summed E-state index contributed by atoms with van der Waals surface area (Å²) in [6.07, 6.45) is 6.63. The minimum absolute atomic E-state index is 0.0139. The molecule has 0 amide bonds. The van der Waals surface area contributed by atoms with Crippen molar-refractivity contribution < 1.29 is 23.7 Å². The first-order valence-corrected chi connectivity index (χ1v) is 9.37. The third kappa shape index (κ3) is 2.78. The Morgan fingerprint density at radius 1 is 1.04 bits per heavy atom. The summed E-state index contributed by atoms with van der Waals surface area (Å²) >= 11 is 0. The number of hydrogen-bond donors (Lipinski definition) is 0. The number of benzene rings is 1. The van der Waals surface area contributed by atoms with Crippen molar-refractivity contribution in [3.05, 3.63) is 23.3 Å². The summed E-state index contributed by atoms with van der Waals surface area (Å²) in [4.78, 5) is 0. The van der Waals surface area contributed by atoms with Crippen LogP contribution >= 0.6 is 0 Å². The van der Waals surface area contributed by atoms with Crippen molar-refractivity contribution in [3.8, 4) is 17.2 Å². The zero-order chi connectivity index (χ0) is 18.5. The van der Waals surface area contributed by atoms with E-state index in [1.807, 2.05) is 13.8 Å². The average Bonchev–Trinajstić information content (AvgIpc) is 2.80. The molecule has 1 fully saturated rings. The second-order valence-corrected chi connectivity index (χ2v) is 7.76. The Morgan fingerprint density at radius 2 is 1.81 bits per heavy atom. The van der Waals surface area contributed by atoms with Crippen LogP contribution < -0.4 is 14.2 Å². The fourth-order valence-electron chi connectivity index (χ4n) is 4.73. The summed E-state index contributed by atoms with van der Waals surface area (Å²) in [5.74, 6) is 2.05. The van der Waals surface area contributed by atoms with Crippen LogP contribution in [0.3, 0.4) is 0 Å². The first kappa shape index (κ1) is 17.7. The van der Waals surface area contributed by atoms with Crippen LogP contribution in [-0.4, -0.2) is 39.3 Å². The molecule has 2 aliphatic carbocycles. The van der Waals surface area contributed by atoms with E-state index in [4.69, 9.17) is 23.7 Å². The number of ether oxygens (including phenoxy) is 5. The van der Waals surface area contributed by atoms with E-state index >= 15 is 0 Å². The Kier molecular flexibility index (Phi) is 4.40. The van der Waals surface area contributed by atoms with Gasteiger partial charge in [-0.1, -0.05) is 0 Å². The highest BCUT2D eigenvalue weighted by molar-refractivity contribution is 5.80. The van der Waals surface area contributed by atoms with Crippen LogP contribution in [-0.2, 0) is 15.9 Å². The maximum absolute atomic E-state index is 6.14. The van der Waals surface area contributed by atoms with Gasteiger partial charge in [-0.2, -0.15) is 0 Å². The average molecular weight is 360 g/mol. The van der Waals surface area contributed by atoms with Gasteiger partial charge in [0.15, 0.2) is 17.3 Å². The van der Waals surface area contributed by atoms with Crippen LogP contribution in [0.1, 0.15) is 44.2 Å². The summed E-state index contributed by atoms with van der Waals surface area (Å²) in [6.45, 7) is 3.98. The normalized spacial score (nSPS) is 29.0. The second-order valence-electron chi connectivity index (χ2n) is 7.76. The SMILES string of the molecule is COc1cc2c(c(OC)c1OC)C1=C[C@@H]3OC(C)(C)O[C@@H]3C[C@@H]1CCC2. The Bertz CT molecular complexity index is 736. The van der Waals surface area contributed by atoms with Gasteiger partial charge in [0, 0.05) is 5.56 Å². The Balaban J connectivity index is 1.87. The van der Waals surface area contributed by atoms with Crippen LogP contribution in [0.4, 0.5) is 0 Å². The van der Waals surface area contributed by atoms with E-state index < -0.39 is 5.79 Å². The van der Waals surface area contributed by atoms with Gasteiger partial charge < -0.3 is 23.7 Å². The summed E-state index contributed by atoms with van der Waals surface area (Å²) < 4.78 is 29.3. The van der Waals surface area contributed by atoms with Gasteiger partial charge in [-0.15, -0.1) is 0 Å². The molecule has 26 heavy (non-hydrogen) atoms. The van der Waals surface area contributed by atoms with Gasteiger partial charge in [0.25, 0.3) is 0 Å². The molecule has 3 atom stereocenters. The standard InChI is InChI=1S/C21H28O5/c1-21(2)25-15-9-12-7-6-8-13-10-17(22-3)19(23-4)20(24-5)18(13)14(12)11-16(15)26-21/h10-12,15-16H,6-9H2,1-5H3/t12-,15+,16-/m0/s1. The molecule has 1 aromatic carbocycles. The lowest BCUT2D eigenvalue weighted by Gasteiger charge is -2.30. The number of allylic oxidation sites excluding steroid dienone is 1. The molecule has 0 spiro atoms. The predicted octanol–water partition coefficient (Wildman–Crippen LogP) is 3.97. The first-order valence-electron chi connectivity index (χ1n) is 9.37. The second kappa shape index (κ2) is 6.46. The lowest BCUT2D eigenvalue weighted by molar-refractivity contribution is -0.143. The van der Waals surface area contributed by atoms with Gasteiger partial charge in [-0.3, -0.25) is 0 Å². The summed E-state index contributed by atoms with van der Waals surface area (Å²) in [5.41, 5.74) is 3.71. The van der Waals surface area contributed by atoms with Gasteiger partial charge in [0.2, 0.25) is 5.75 Å². The molecule has 0 bridgehead atoms. The van der Waals surface area contributed by atoms with E-state index in [9.17, 15) is 0 Å². The quantitative estimate of drug-likeness (QED) is 0.816. The van der Waals surface area contributed by atoms with E-state index in [0.717, 1.165) is 42.7 Å². The third-order valence-electron chi connectivity index (χ3n) is 5.72. The van der Waals surface area contributed by atoms with Crippen molar-refractivity contribution in [2.45, 2.75) is 57.5 Å². The summed E-state index contributed by atoms with van der Waals surface area (Å²) in [7, 11) is 5.02. The smallest absolute Gasteiger partial charge is 0.203 e. The van der Waals surface area contributed by atoms with Gasteiger partial charge in [-0.25, -0.2) is 0 Å². The molecule has 0 aromatic heterocycles. The molecule has 1 heterocycles. The molecular weight excluding hydrogens is 332 g/mol. The van der Waals surface area contributed by atoms with Crippen LogP contribution in [0, 0.1) is 5.92 Å². The molecule has 5 heteroatoms. The zero-order valence-electron chi connectivity index (χ0n) is 16.3. The van der Waals surface area contributed by atoms with E-state index in [1.54, 1.807) is 21.3 Å². The number of methoxy groups -OCH3 is 3. The van der Waals surface area contributed by atoms with Gasteiger partial charge in [0.05, 0.1) is 27.4 Å². The molecule has 142 valence electrons. The number of fused-ring (bicyclic) bond motifs is 4. The van der Waals surface area contributed by atoms with E-state index in [-0.39, 0.29) is 12.2 Å². The molecule has 1 aliphatic heterocycles. The Morgan fingerprint density at radius 3 is 2.50 bits per heavy atom. The number of rotatable bonds is 3. The van der Waals surface area contributed by atoms with Crippen molar-refractivity contribution in [3.63, 3.8) is 0 Å². The zero-order valence-corrected chi connectivity index (χ0v) is 16.3. The minimum atomic E-state index is -0.527. The van der Waals surface area contributed by atoms with Crippen molar-refractivity contribution in [1.82, 2.24) is 0 Å². The maximum atomic E-state index is 6.14. The molecule has 1 aromatic rings. The van der Waals surface area contributed by atoms with Crippen molar-refractivity contribution in [1.29, 1.82) is 0 Å². The monoisotopic (exact) mass is 360 g/mol. The Labute approximate surface area is 155 Å². The molecule has 3 aliphatic rings. The summed E-state index contributed by atoms with van der Waals surface area (Å²) in [5, 5.41) is 0. The maximum Gasteiger partial charge on any atom is 0.203 e. The highest BCUT2D eigenvalue weighted by Gasteiger charge is 2.45. The highest BCUT2D eigenvalue weighted by Crippen LogP contribution is 2.52. The molecule has 4 rings (SSSR count). The van der Waals surface area contributed by atoms with Crippen LogP contribution in [0.15, 0.2) is 12.1 Å². The predicted molar refractivity (Wildman–Crippen MR) is 98.9 cm³/mol. The molecule has 5 nitrogen and oxygen atoms in total.